The van der Waals surface area contributed by atoms with Crippen molar-refractivity contribution in [3.05, 3.63) is 60.2 Å². The van der Waals surface area contributed by atoms with Crippen LogP contribution in [0.5, 0.6) is 5.75 Å². The summed E-state index contributed by atoms with van der Waals surface area (Å²) < 4.78 is 5.15. The highest BCUT2D eigenvalue weighted by atomic mass is 16.5. The number of rotatable bonds is 6. The van der Waals surface area contributed by atoms with Crippen molar-refractivity contribution >= 4 is 5.69 Å². The van der Waals surface area contributed by atoms with Gasteiger partial charge < -0.3 is 10.1 Å². The smallest absolute Gasteiger partial charge is 0.119 e. The number of anilines is 1. The molecule has 0 saturated heterocycles. The quantitative estimate of drug-likeness (QED) is 0.842. The van der Waals surface area contributed by atoms with Crippen LogP contribution in [-0.4, -0.2) is 13.7 Å². The van der Waals surface area contributed by atoms with Crippen LogP contribution < -0.4 is 10.1 Å². The molecule has 1 N–H and O–H groups in total. The van der Waals surface area contributed by atoms with E-state index in [1.54, 1.807) is 7.11 Å². The van der Waals surface area contributed by atoms with Crippen LogP contribution in [0.4, 0.5) is 5.69 Å². The van der Waals surface area contributed by atoms with Gasteiger partial charge in [0.25, 0.3) is 0 Å². The van der Waals surface area contributed by atoms with Crippen LogP contribution in [0.2, 0.25) is 0 Å². The summed E-state index contributed by atoms with van der Waals surface area (Å²) in [6.45, 7) is 3.24. The minimum atomic E-state index is 0.601. The zero-order chi connectivity index (χ0) is 13.5. The number of nitrogens with one attached hydrogen (secondary N) is 1. The summed E-state index contributed by atoms with van der Waals surface area (Å²) in [7, 11) is 1.68. The molecule has 1 unspecified atom stereocenters. The highest BCUT2D eigenvalue weighted by Gasteiger charge is 2.03. The number of ether oxygens (including phenoxy) is 1. The third-order valence-electron chi connectivity index (χ3n) is 3.17. The molecule has 0 bridgehead atoms. The molecule has 0 saturated carbocycles. The summed E-state index contributed by atoms with van der Waals surface area (Å²) in [5.41, 5.74) is 2.53. The number of hydrogen-bond acceptors (Lipinski definition) is 2. The Hall–Kier alpha value is -1.96. The molecule has 0 amide bonds. The van der Waals surface area contributed by atoms with Crippen LogP contribution in [0.1, 0.15) is 12.5 Å². The molecule has 0 aliphatic heterocycles. The molecular weight excluding hydrogens is 234 g/mol. The fourth-order valence-electron chi connectivity index (χ4n) is 2.09. The van der Waals surface area contributed by atoms with Crippen LogP contribution in [0.3, 0.4) is 0 Å². The Balaban J connectivity index is 1.81. The second-order valence-corrected chi connectivity index (χ2v) is 4.90. The minimum absolute atomic E-state index is 0.601. The van der Waals surface area contributed by atoms with Crippen LogP contribution in [0, 0.1) is 5.92 Å². The normalized spacial score (nSPS) is 11.9. The van der Waals surface area contributed by atoms with E-state index in [2.05, 4.69) is 42.6 Å². The van der Waals surface area contributed by atoms with Gasteiger partial charge in [0.2, 0.25) is 0 Å². The van der Waals surface area contributed by atoms with E-state index < -0.39 is 0 Å². The molecule has 0 spiro atoms. The van der Waals surface area contributed by atoms with Crippen LogP contribution in [0.15, 0.2) is 54.6 Å². The van der Waals surface area contributed by atoms with Gasteiger partial charge in [0.05, 0.1) is 7.11 Å². The van der Waals surface area contributed by atoms with Gasteiger partial charge in [-0.3, -0.25) is 0 Å². The highest BCUT2D eigenvalue weighted by molar-refractivity contribution is 5.46. The first-order valence-corrected chi connectivity index (χ1v) is 6.70. The van der Waals surface area contributed by atoms with E-state index >= 15 is 0 Å². The molecule has 2 rings (SSSR count). The molecule has 2 aromatic rings. The molecule has 0 fully saturated rings. The second-order valence-electron chi connectivity index (χ2n) is 4.90. The Morgan fingerprint density at radius 3 is 2.32 bits per heavy atom. The number of hydrogen-bond donors (Lipinski definition) is 1. The van der Waals surface area contributed by atoms with Gasteiger partial charge in [-0.05, 0) is 42.2 Å². The molecule has 0 aliphatic rings. The zero-order valence-corrected chi connectivity index (χ0v) is 11.6. The van der Waals surface area contributed by atoms with Crippen molar-refractivity contribution in [1.82, 2.24) is 0 Å². The predicted molar refractivity (Wildman–Crippen MR) is 80.8 cm³/mol. The maximum Gasteiger partial charge on any atom is 0.119 e. The average Bonchev–Trinajstić information content (AvgIpc) is 2.47. The van der Waals surface area contributed by atoms with Gasteiger partial charge in [-0.1, -0.05) is 37.3 Å². The number of methoxy groups -OCH3 is 1. The molecule has 2 nitrogen and oxygen atoms in total. The van der Waals surface area contributed by atoms with Gasteiger partial charge in [-0.2, -0.15) is 0 Å². The Bertz CT molecular complexity index is 478. The van der Waals surface area contributed by atoms with E-state index in [-0.39, 0.29) is 0 Å². The first kappa shape index (κ1) is 13.5. The van der Waals surface area contributed by atoms with Crippen LogP contribution in [0.25, 0.3) is 0 Å². The summed E-state index contributed by atoms with van der Waals surface area (Å²) in [4.78, 5) is 0. The van der Waals surface area contributed by atoms with Gasteiger partial charge in [0.1, 0.15) is 5.75 Å². The summed E-state index contributed by atoms with van der Waals surface area (Å²) in [6, 6.07) is 18.7. The predicted octanol–water partition coefficient (Wildman–Crippen LogP) is 3.99. The van der Waals surface area contributed by atoms with E-state index in [1.807, 2.05) is 24.3 Å². The molecule has 0 heterocycles. The molecule has 0 radical (unpaired) electrons. The Kier molecular flexibility index (Phi) is 4.85. The first-order chi connectivity index (χ1) is 9.28. The molecule has 2 heteroatoms. The van der Waals surface area contributed by atoms with E-state index in [1.165, 1.54) is 5.56 Å². The maximum absolute atomic E-state index is 5.15. The van der Waals surface area contributed by atoms with Crippen molar-refractivity contribution in [2.24, 2.45) is 5.92 Å². The van der Waals surface area contributed by atoms with Crippen LogP contribution >= 0.6 is 0 Å². The van der Waals surface area contributed by atoms with Crippen molar-refractivity contribution in [2.75, 3.05) is 19.0 Å². The monoisotopic (exact) mass is 255 g/mol. The molecular formula is C17H21NO. The average molecular weight is 255 g/mol. The third kappa shape index (κ3) is 4.32. The Labute approximate surface area is 115 Å². The summed E-state index contributed by atoms with van der Waals surface area (Å²) in [6.07, 6.45) is 1.10. The van der Waals surface area contributed by atoms with Gasteiger partial charge >= 0.3 is 0 Å². The standard InChI is InChI=1S/C17H21NO/c1-14(12-15-6-4-3-5-7-15)13-18-16-8-10-17(19-2)11-9-16/h3-11,14,18H,12-13H2,1-2H3. The maximum atomic E-state index is 5.15. The molecule has 100 valence electrons. The van der Waals surface area contributed by atoms with E-state index in [0.717, 1.165) is 24.4 Å². The van der Waals surface area contributed by atoms with E-state index in [4.69, 9.17) is 4.74 Å². The highest BCUT2D eigenvalue weighted by Crippen LogP contribution is 2.16. The second kappa shape index (κ2) is 6.83. The lowest BCUT2D eigenvalue weighted by Gasteiger charge is -2.14. The SMILES string of the molecule is COc1ccc(NCC(C)Cc2ccccc2)cc1. The van der Waals surface area contributed by atoms with Gasteiger partial charge in [-0.15, -0.1) is 0 Å². The lowest BCUT2D eigenvalue weighted by Crippen LogP contribution is -2.13. The molecule has 0 aromatic heterocycles. The molecule has 0 aliphatic carbocycles. The zero-order valence-electron chi connectivity index (χ0n) is 11.6. The van der Waals surface area contributed by atoms with E-state index in [9.17, 15) is 0 Å². The van der Waals surface area contributed by atoms with Crippen molar-refractivity contribution in [3.8, 4) is 5.75 Å². The molecule has 19 heavy (non-hydrogen) atoms. The van der Waals surface area contributed by atoms with Crippen LogP contribution in [-0.2, 0) is 6.42 Å². The topological polar surface area (TPSA) is 21.3 Å². The molecule has 1 atom stereocenters. The summed E-state index contributed by atoms with van der Waals surface area (Å²) in [5, 5.41) is 3.46. The largest absolute Gasteiger partial charge is 0.497 e. The van der Waals surface area contributed by atoms with Gasteiger partial charge in [0, 0.05) is 12.2 Å². The lowest BCUT2D eigenvalue weighted by molar-refractivity contribution is 0.415. The lowest BCUT2D eigenvalue weighted by atomic mass is 10.0. The Morgan fingerprint density at radius 1 is 1.00 bits per heavy atom. The third-order valence-corrected chi connectivity index (χ3v) is 3.17. The van der Waals surface area contributed by atoms with Crippen molar-refractivity contribution < 1.29 is 4.74 Å². The summed E-state index contributed by atoms with van der Waals surface area (Å²) in [5.74, 6) is 1.49. The van der Waals surface area contributed by atoms with Crippen molar-refractivity contribution in [1.29, 1.82) is 0 Å². The fraction of sp³-hybridized carbons (Fsp3) is 0.294. The Morgan fingerprint density at radius 2 is 1.68 bits per heavy atom. The van der Waals surface area contributed by atoms with E-state index in [0.29, 0.717) is 5.92 Å². The molecule has 2 aromatic carbocycles. The first-order valence-electron chi connectivity index (χ1n) is 6.70. The number of benzene rings is 2. The van der Waals surface area contributed by atoms with Crippen molar-refractivity contribution in [2.45, 2.75) is 13.3 Å². The van der Waals surface area contributed by atoms with Gasteiger partial charge in [-0.25, -0.2) is 0 Å². The van der Waals surface area contributed by atoms with Crippen molar-refractivity contribution in [3.63, 3.8) is 0 Å². The summed E-state index contributed by atoms with van der Waals surface area (Å²) >= 11 is 0. The minimum Gasteiger partial charge on any atom is -0.497 e. The van der Waals surface area contributed by atoms with Gasteiger partial charge in [0.15, 0.2) is 0 Å². The fourth-order valence-corrected chi connectivity index (χ4v) is 2.09.